The molecule has 1 atom stereocenters. The summed E-state index contributed by atoms with van der Waals surface area (Å²) in [5.41, 5.74) is 0. The van der Waals surface area contributed by atoms with Crippen LogP contribution in [0.3, 0.4) is 0 Å². The van der Waals surface area contributed by atoms with Gasteiger partial charge in [0.05, 0.1) is 12.1 Å². The van der Waals surface area contributed by atoms with Gasteiger partial charge < -0.3 is 10.1 Å². The van der Waals surface area contributed by atoms with E-state index in [2.05, 4.69) is 10.1 Å². The van der Waals surface area contributed by atoms with E-state index in [1.54, 1.807) is 0 Å². The van der Waals surface area contributed by atoms with Crippen molar-refractivity contribution < 1.29 is 17.9 Å². The topological polar surface area (TPSA) is 45.0 Å². The van der Waals surface area contributed by atoms with Crippen molar-refractivity contribution >= 4 is 0 Å². The first-order valence-electron chi connectivity index (χ1n) is 4.77. The fourth-order valence-electron chi connectivity index (χ4n) is 0.920. The zero-order chi connectivity index (χ0) is 11.7. The SMILES string of the molecule is CCCNC(C#N)CCOCC(F)(F)F. The first-order chi connectivity index (χ1) is 6.99. The number of rotatable bonds is 7. The van der Waals surface area contributed by atoms with Gasteiger partial charge in [-0.1, -0.05) is 6.92 Å². The Labute approximate surface area is 87.2 Å². The van der Waals surface area contributed by atoms with Gasteiger partial charge >= 0.3 is 6.18 Å². The first-order valence-corrected chi connectivity index (χ1v) is 4.77. The van der Waals surface area contributed by atoms with Gasteiger partial charge in [0, 0.05) is 6.61 Å². The van der Waals surface area contributed by atoms with Crippen LogP contribution in [0.2, 0.25) is 0 Å². The number of alkyl halides is 3. The van der Waals surface area contributed by atoms with Crippen LogP contribution in [0.15, 0.2) is 0 Å². The molecule has 0 fully saturated rings. The lowest BCUT2D eigenvalue weighted by molar-refractivity contribution is -0.174. The summed E-state index contributed by atoms with van der Waals surface area (Å²) in [7, 11) is 0. The molecule has 0 aliphatic carbocycles. The zero-order valence-electron chi connectivity index (χ0n) is 8.60. The third-order valence-electron chi connectivity index (χ3n) is 1.61. The molecule has 3 nitrogen and oxygen atoms in total. The van der Waals surface area contributed by atoms with Crippen LogP contribution in [-0.2, 0) is 4.74 Å². The van der Waals surface area contributed by atoms with Gasteiger partial charge in [-0.2, -0.15) is 18.4 Å². The summed E-state index contributed by atoms with van der Waals surface area (Å²) in [5, 5.41) is 11.5. The standard InChI is InChI=1S/C9H15F3N2O/c1-2-4-14-8(6-13)3-5-15-7-9(10,11)12/h8,14H,2-5,7H2,1H3. The van der Waals surface area contributed by atoms with Crippen molar-refractivity contribution in [1.82, 2.24) is 5.32 Å². The number of hydrogen-bond donors (Lipinski definition) is 1. The molecule has 0 amide bonds. The molecule has 0 aromatic heterocycles. The van der Waals surface area contributed by atoms with Gasteiger partial charge in [-0.15, -0.1) is 0 Å². The highest BCUT2D eigenvalue weighted by atomic mass is 19.4. The highest BCUT2D eigenvalue weighted by Gasteiger charge is 2.27. The number of halogens is 3. The summed E-state index contributed by atoms with van der Waals surface area (Å²) < 4.78 is 39.4. The Hall–Kier alpha value is -0.800. The lowest BCUT2D eigenvalue weighted by atomic mass is 10.2. The lowest BCUT2D eigenvalue weighted by Gasteiger charge is -2.11. The lowest BCUT2D eigenvalue weighted by Crippen LogP contribution is -2.30. The van der Waals surface area contributed by atoms with Crippen molar-refractivity contribution in [3.8, 4) is 6.07 Å². The Bertz CT molecular complexity index is 201. The Morgan fingerprint density at radius 3 is 2.60 bits per heavy atom. The van der Waals surface area contributed by atoms with Crippen molar-refractivity contribution in [2.45, 2.75) is 32.0 Å². The van der Waals surface area contributed by atoms with Crippen molar-refractivity contribution in [2.24, 2.45) is 0 Å². The summed E-state index contributed by atoms with van der Waals surface area (Å²) in [6.07, 6.45) is -3.15. The number of nitrogens with one attached hydrogen (secondary N) is 1. The third-order valence-corrected chi connectivity index (χ3v) is 1.61. The summed E-state index contributed by atoms with van der Waals surface area (Å²) in [4.78, 5) is 0. The van der Waals surface area contributed by atoms with Crippen molar-refractivity contribution in [1.29, 1.82) is 5.26 Å². The molecule has 0 bridgehead atoms. The van der Waals surface area contributed by atoms with E-state index in [4.69, 9.17) is 5.26 Å². The van der Waals surface area contributed by atoms with E-state index < -0.39 is 18.8 Å². The smallest absolute Gasteiger partial charge is 0.372 e. The number of nitriles is 1. The Kier molecular flexibility index (Phi) is 7.09. The molecular formula is C9H15F3N2O. The van der Waals surface area contributed by atoms with Crippen LogP contribution >= 0.6 is 0 Å². The van der Waals surface area contributed by atoms with Crippen molar-refractivity contribution in [2.75, 3.05) is 19.8 Å². The molecule has 6 heteroatoms. The molecule has 1 unspecified atom stereocenters. The van der Waals surface area contributed by atoms with E-state index in [9.17, 15) is 13.2 Å². The average Bonchev–Trinajstić information content (AvgIpc) is 2.15. The normalized spacial score (nSPS) is 13.5. The van der Waals surface area contributed by atoms with Gasteiger partial charge in [-0.25, -0.2) is 0 Å². The van der Waals surface area contributed by atoms with Gasteiger partial charge in [0.1, 0.15) is 6.61 Å². The molecule has 0 saturated carbocycles. The van der Waals surface area contributed by atoms with Crippen LogP contribution in [-0.4, -0.2) is 32.0 Å². The summed E-state index contributed by atoms with van der Waals surface area (Å²) in [6.45, 7) is 1.31. The minimum atomic E-state index is -4.29. The van der Waals surface area contributed by atoms with Crippen LogP contribution < -0.4 is 5.32 Å². The second-order valence-electron chi connectivity index (χ2n) is 3.09. The van der Waals surface area contributed by atoms with Crippen LogP contribution in [0.25, 0.3) is 0 Å². The van der Waals surface area contributed by atoms with Gasteiger partial charge in [-0.3, -0.25) is 0 Å². The average molecular weight is 224 g/mol. The largest absolute Gasteiger partial charge is 0.411 e. The van der Waals surface area contributed by atoms with E-state index in [-0.39, 0.29) is 13.0 Å². The van der Waals surface area contributed by atoms with Crippen molar-refractivity contribution in [3.05, 3.63) is 0 Å². The molecule has 0 aromatic carbocycles. The molecule has 88 valence electrons. The first kappa shape index (κ1) is 14.2. The molecule has 0 saturated heterocycles. The van der Waals surface area contributed by atoms with Gasteiger partial charge in [-0.05, 0) is 19.4 Å². The summed E-state index contributed by atoms with van der Waals surface area (Å²) >= 11 is 0. The Balaban J connectivity index is 3.52. The monoisotopic (exact) mass is 224 g/mol. The van der Waals surface area contributed by atoms with Crippen molar-refractivity contribution in [3.63, 3.8) is 0 Å². The van der Waals surface area contributed by atoms with E-state index in [0.717, 1.165) is 6.42 Å². The molecule has 15 heavy (non-hydrogen) atoms. The molecule has 1 N–H and O–H groups in total. The molecule has 0 spiro atoms. The molecule has 0 heterocycles. The maximum atomic E-state index is 11.7. The van der Waals surface area contributed by atoms with E-state index >= 15 is 0 Å². The quantitative estimate of drug-likeness (QED) is 0.671. The van der Waals surface area contributed by atoms with E-state index in [0.29, 0.717) is 6.54 Å². The Morgan fingerprint density at radius 2 is 2.13 bits per heavy atom. The van der Waals surface area contributed by atoms with Crippen LogP contribution in [0, 0.1) is 11.3 Å². The van der Waals surface area contributed by atoms with Gasteiger partial charge in [0.25, 0.3) is 0 Å². The maximum Gasteiger partial charge on any atom is 0.411 e. The molecule has 0 aliphatic heterocycles. The van der Waals surface area contributed by atoms with E-state index in [1.807, 2.05) is 13.0 Å². The fourth-order valence-corrected chi connectivity index (χ4v) is 0.920. The molecular weight excluding hydrogens is 209 g/mol. The molecule has 0 aliphatic rings. The molecule has 0 aromatic rings. The highest BCUT2D eigenvalue weighted by Crippen LogP contribution is 2.14. The summed E-state index contributed by atoms with van der Waals surface area (Å²) in [5.74, 6) is 0. The fraction of sp³-hybridized carbons (Fsp3) is 0.889. The minimum absolute atomic E-state index is 0.0611. The second-order valence-corrected chi connectivity index (χ2v) is 3.09. The maximum absolute atomic E-state index is 11.7. The Morgan fingerprint density at radius 1 is 1.47 bits per heavy atom. The zero-order valence-corrected chi connectivity index (χ0v) is 8.60. The predicted molar refractivity (Wildman–Crippen MR) is 49.2 cm³/mol. The van der Waals surface area contributed by atoms with Crippen LogP contribution in [0.1, 0.15) is 19.8 Å². The minimum Gasteiger partial charge on any atom is -0.372 e. The third kappa shape index (κ3) is 9.50. The van der Waals surface area contributed by atoms with Crippen LogP contribution in [0.5, 0.6) is 0 Å². The van der Waals surface area contributed by atoms with E-state index in [1.165, 1.54) is 0 Å². The molecule has 0 radical (unpaired) electrons. The van der Waals surface area contributed by atoms with Gasteiger partial charge in [0.15, 0.2) is 0 Å². The number of nitrogens with zero attached hydrogens (tertiary/aromatic N) is 1. The highest BCUT2D eigenvalue weighted by molar-refractivity contribution is 4.89. The number of ether oxygens (including phenoxy) is 1. The van der Waals surface area contributed by atoms with Gasteiger partial charge in [0.2, 0.25) is 0 Å². The predicted octanol–water partition coefficient (Wildman–Crippen LogP) is 1.85. The molecule has 0 rings (SSSR count). The second kappa shape index (κ2) is 7.49. The summed E-state index contributed by atoms with van der Waals surface area (Å²) in [6, 6.07) is 1.53. The van der Waals surface area contributed by atoms with Crippen LogP contribution in [0.4, 0.5) is 13.2 Å². The number of hydrogen-bond acceptors (Lipinski definition) is 3.